The zero-order valence-corrected chi connectivity index (χ0v) is 14.4. The van der Waals surface area contributed by atoms with Crippen molar-refractivity contribution < 1.29 is 9.53 Å². The summed E-state index contributed by atoms with van der Waals surface area (Å²) < 4.78 is 5.34. The molecule has 0 aromatic heterocycles. The standard InChI is InChI=1S/C15H17Cl3N2O2/c1-9-3-2-4-10(5-9)19-20-15(21)8-22-14-7-12(17)11(16)6-13(14)18/h6-7,9H,2-5,8H2,1H3,(H,20,21). The largest absolute Gasteiger partial charge is 0.482 e. The number of nitrogens with zero attached hydrogens (tertiary/aromatic N) is 1. The first-order chi connectivity index (χ1) is 10.5. The van der Waals surface area contributed by atoms with Crippen LogP contribution >= 0.6 is 34.8 Å². The van der Waals surface area contributed by atoms with Crippen molar-refractivity contribution >= 4 is 46.4 Å². The lowest BCUT2D eigenvalue weighted by Gasteiger charge is -2.18. The van der Waals surface area contributed by atoms with Crippen LogP contribution in [0, 0.1) is 5.92 Å². The van der Waals surface area contributed by atoms with E-state index in [9.17, 15) is 4.79 Å². The molecule has 1 aromatic rings. The second-order valence-electron chi connectivity index (χ2n) is 5.40. The molecule has 22 heavy (non-hydrogen) atoms. The number of benzene rings is 1. The maximum absolute atomic E-state index is 11.8. The molecule has 0 aliphatic heterocycles. The summed E-state index contributed by atoms with van der Waals surface area (Å²) in [5.74, 6) is 0.591. The highest BCUT2D eigenvalue weighted by molar-refractivity contribution is 6.43. The topological polar surface area (TPSA) is 50.7 Å². The Morgan fingerprint density at radius 1 is 1.32 bits per heavy atom. The van der Waals surface area contributed by atoms with Crippen molar-refractivity contribution in [3.63, 3.8) is 0 Å². The molecule has 120 valence electrons. The van der Waals surface area contributed by atoms with Crippen molar-refractivity contribution in [1.29, 1.82) is 0 Å². The molecule has 0 heterocycles. The third-order valence-corrected chi connectivity index (χ3v) is 4.44. The van der Waals surface area contributed by atoms with Crippen LogP contribution in [0.4, 0.5) is 0 Å². The lowest BCUT2D eigenvalue weighted by Crippen LogP contribution is -2.27. The number of hydrogen-bond acceptors (Lipinski definition) is 3. The number of carbonyl (C=O) groups is 1. The van der Waals surface area contributed by atoms with E-state index in [4.69, 9.17) is 39.5 Å². The molecule has 4 nitrogen and oxygen atoms in total. The van der Waals surface area contributed by atoms with Gasteiger partial charge in [0.15, 0.2) is 6.61 Å². The van der Waals surface area contributed by atoms with Crippen molar-refractivity contribution in [2.75, 3.05) is 6.61 Å². The van der Waals surface area contributed by atoms with E-state index in [1.807, 2.05) is 0 Å². The summed E-state index contributed by atoms with van der Waals surface area (Å²) in [7, 11) is 0. The fourth-order valence-electron chi connectivity index (χ4n) is 2.29. The number of hydrazone groups is 1. The zero-order chi connectivity index (χ0) is 16.1. The molecule has 1 amide bonds. The molecule has 0 radical (unpaired) electrons. The molecule has 0 spiro atoms. The second kappa shape index (κ2) is 8.04. The van der Waals surface area contributed by atoms with Crippen LogP contribution in [-0.4, -0.2) is 18.2 Å². The van der Waals surface area contributed by atoms with Crippen LogP contribution < -0.4 is 10.2 Å². The van der Waals surface area contributed by atoms with Crippen LogP contribution in [0.2, 0.25) is 15.1 Å². The van der Waals surface area contributed by atoms with Gasteiger partial charge in [-0.05, 0) is 37.7 Å². The van der Waals surface area contributed by atoms with Gasteiger partial charge >= 0.3 is 0 Å². The molecule has 1 saturated carbocycles. The van der Waals surface area contributed by atoms with Crippen molar-refractivity contribution in [2.45, 2.75) is 32.6 Å². The van der Waals surface area contributed by atoms with Crippen LogP contribution in [0.5, 0.6) is 5.75 Å². The monoisotopic (exact) mass is 362 g/mol. The Bertz CT molecular complexity index is 590. The third kappa shape index (κ3) is 5.04. The van der Waals surface area contributed by atoms with E-state index in [-0.39, 0.29) is 12.5 Å². The first kappa shape index (κ1) is 17.4. The summed E-state index contributed by atoms with van der Waals surface area (Å²) >= 11 is 17.7. The first-order valence-corrected chi connectivity index (χ1v) is 8.20. The number of ether oxygens (including phenoxy) is 1. The van der Waals surface area contributed by atoms with Crippen molar-refractivity contribution in [3.8, 4) is 5.75 Å². The van der Waals surface area contributed by atoms with E-state index in [2.05, 4.69) is 17.5 Å². The van der Waals surface area contributed by atoms with Gasteiger partial charge in [0.2, 0.25) is 0 Å². The molecule has 1 atom stereocenters. The number of carbonyl (C=O) groups excluding carboxylic acids is 1. The molecule has 1 N–H and O–H groups in total. The van der Waals surface area contributed by atoms with Crippen LogP contribution in [0.25, 0.3) is 0 Å². The Kier molecular flexibility index (Phi) is 6.36. The van der Waals surface area contributed by atoms with E-state index >= 15 is 0 Å². The smallest absolute Gasteiger partial charge is 0.277 e. The van der Waals surface area contributed by atoms with Crippen LogP contribution in [0.3, 0.4) is 0 Å². The summed E-state index contributed by atoms with van der Waals surface area (Å²) in [6.45, 7) is 2.00. The van der Waals surface area contributed by atoms with Crippen LogP contribution in [0.15, 0.2) is 17.2 Å². The Morgan fingerprint density at radius 2 is 2.05 bits per heavy atom. The van der Waals surface area contributed by atoms with Gasteiger partial charge in [-0.1, -0.05) is 41.7 Å². The number of rotatable bonds is 4. The van der Waals surface area contributed by atoms with E-state index in [1.54, 1.807) is 0 Å². The minimum Gasteiger partial charge on any atom is -0.482 e. The maximum atomic E-state index is 11.8. The predicted molar refractivity (Wildman–Crippen MR) is 90.2 cm³/mol. The average Bonchev–Trinajstić information content (AvgIpc) is 2.47. The SMILES string of the molecule is CC1CCCC(=NNC(=O)COc2cc(Cl)c(Cl)cc2Cl)C1. The maximum Gasteiger partial charge on any atom is 0.277 e. The molecule has 7 heteroatoms. The summed E-state index contributed by atoms with van der Waals surface area (Å²) in [5, 5.41) is 5.11. The zero-order valence-electron chi connectivity index (χ0n) is 12.2. The molecular weight excluding hydrogens is 347 g/mol. The fraction of sp³-hybridized carbons (Fsp3) is 0.467. The number of halogens is 3. The highest BCUT2D eigenvalue weighted by atomic mass is 35.5. The lowest BCUT2D eigenvalue weighted by molar-refractivity contribution is -0.123. The highest BCUT2D eigenvalue weighted by Crippen LogP contribution is 2.33. The fourth-order valence-corrected chi connectivity index (χ4v) is 2.89. The number of amides is 1. The molecular formula is C15H17Cl3N2O2. The van der Waals surface area contributed by atoms with E-state index in [0.29, 0.717) is 26.7 Å². The van der Waals surface area contributed by atoms with Crippen molar-refractivity contribution in [1.82, 2.24) is 5.43 Å². The highest BCUT2D eigenvalue weighted by Gasteiger charge is 2.14. The Hall–Kier alpha value is -0.970. The molecule has 1 fully saturated rings. The van der Waals surface area contributed by atoms with Gasteiger partial charge in [0.25, 0.3) is 5.91 Å². The average molecular weight is 364 g/mol. The lowest BCUT2D eigenvalue weighted by atomic mass is 9.89. The first-order valence-electron chi connectivity index (χ1n) is 7.07. The third-order valence-electron chi connectivity index (χ3n) is 3.42. The minimum atomic E-state index is -0.340. The van der Waals surface area contributed by atoms with Gasteiger partial charge in [0.05, 0.1) is 15.1 Å². The van der Waals surface area contributed by atoms with Gasteiger partial charge in [-0.15, -0.1) is 0 Å². The Labute approximate surface area is 144 Å². The Morgan fingerprint density at radius 3 is 2.77 bits per heavy atom. The summed E-state index contributed by atoms with van der Waals surface area (Å²) in [6, 6.07) is 2.95. The quantitative estimate of drug-likeness (QED) is 0.622. The molecule has 0 bridgehead atoms. The molecule has 1 aliphatic rings. The molecule has 0 saturated heterocycles. The van der Waals surface area contributed by atoms with Crippen LogP contribution in [0.1, 0.15) is 32.6 Å². The summed E-state index contributed by atoms with van der Waals surface area (Å²) in [5.41, 5.74) is 3.54. The molecule has 2 rings (SSSR count). The Balaban J connectivity index is 1.85. The van der Waals surface area contributed by atoms with Gasteiger partial charge < -0.3 is 4.74 Å². The molecule has 1 aliphatic carbocycles. The van der Waals surface area contributed by atoms with Crippen molar-refractivity contribution in [3.05, 3.63) is 27.2 Å². The van der Waals surface area contributed by atoms with Gasteiger partial charge in [-0.3, -0.25) is 4.79 Å². The van der Waals surface area contributed by atoms with Crippen LogP contribution in [-0.2, 0) is 4.79 Å². The van der Waals surface area contributed by atoms with Gasteiger partial charge in [-0.25, -0.2) is 5.43 Å². The normalized spacial score (nSPS) is 20.0. The number of hydrogen-bond donors (Lipinski definition) is 1. The van der Waals surface area contributed by atoms with E-state index in [0.717, 1.165) is 25.0 Å². The summed E-state index contributed by atoms with van der Waals surface area (Å²) in [4.78, 5) is 11.8. The number of nitrogens with one attached hydrogen (secondary N) is 1. The minimum absolute atomic E-state index is 0.190. The van der Waals surface area contributed by atoms with E-state index in [1.165, 1.54) is 18.6 Å². The second-order valence-corrected chi connectivity index (χ2v) is 6.62. The van der Waals surface area contributed by atoms with E-state index < -0.39 is 0 Å². The van der Waals surface area contributed by atoms with Gasteiger partial charge in [0.1, 0.15) is 5.75 Å². The van der Waals surface area contributed by atoms with Gasteiger partial charge in [-0.2, -0.15) is 5.10 Å². The van der Waals surface area contributed by atoms with Gasteiger partial charge in [0, 0.05) is 11.8 Å². The predicted octanol–water partition coefficient (Wildman–Crippen LogP) is 4.71. The summed E-state index contributed by atoms with van der Waals surface area (Å²) in [6.07, 6.45) is 4.20. The molecule has 1 unspecified atom stereocenters. The molecule has 1 aromatic carbocycles. The van der Waals surface area contributed by atoms with Crippen molar-refractivity contribution in [2.24, 2.45) is 11.0 Å².